The first kappa shape index (κ1) is 9.53. The maximum atomic E-state index is 4.48. The average Bonchev–Trinajstić information content (AvgIpc) is 2.75. The summed E-state index contributed by atoms with van der Waals surface area (Å²) < 4.78 is 1.71. The molecule has 1 N–H and O–H groups in total. The molecule has 2 aromatic heterocycles. The topological polar surface area (TPSA) is 58.4 Å². The van der Waals surface area contributed by atoms with E-state index in [1.165, 1.54) is 0 Å². The fourth-order valence-electron chi connectivity index (χ4n) is 2.03. The molecule has 1 aliphatic heterocycles. The quantitative estimate of drug-likeness (QED) is 0.725. The predicted octanol–water partition coefficient (Wildman–Crippen LogP) is -0.0776. The Hall–Kier alpha value is -1.69. The molecule has 0 saturated carbocycles. The number of hydrogen-bond acceptors (Lipinski definition) is 5. The summed E-state index contributed by atoms with van der Waals surface area (Å²) in [5.41, 5.74) is 0.784. The Morgan fingerprint density at radius 1 is 1.44 bits per heavy atom. The van der Waals surface area contributed by atoms with Gasteiger partial charge in [0.1, 0.15) is 12.1 Å². The summed E-state index contributed by atoms with van der Waals surface area (Å²) >= 11 is 0. The van der Waals surface area contributed by atoms with E-state index in [0.717, 1.165) is 31.1 Å². The molecular formula is C10H14N6. The van der Waals surface area contributed by atoms with Gasteiger partial charge in [0.2, 0.25) is 0 Å². The second-order valence-corrected chi connectivity index (χ2v) is 4.13. The van der Waals surface area contributed by atoms with Crippen LogP contribution in [-0.2, 0) is 0 Å². The van der Waals surface area contributed by atoms with E-state index in [1.54, 1.807) is 10.8 Å². The zero-order valence-electron chi connectivity index (χ0n) is 9.17. The third kappa shape index (κ3) is 1.61. The fourth-order valence-corrected chi connectivity index (χ4v) is 2.03. The summed E-state index contributed by atoms with van der Waals surface area (Å²) in [6.07, 6.45) is 1.63. The van der Waals surface area contributed by atoms with Crippen molar-refractivity contribution in [2.75, 3.05) is 24.5 Å². The maximum Gasteiger partial charge on any atom is 0.177 e. The minimum atomic E-state index is 0.507. The van der Waals surface area contributed by atoms with Crippen LogP contribution in [0.2, 0.25) is 0 Å². The highest BCUT2D eigenvalue weighted by Gasteiger charge is 2.17. The van der Waals surface area contributed by atoms with Crippen LogP contribution in [0.4, 0.5) is 5.82 Å². The van der Waals surface area contributed by atoms with E-state index in [1.807, 2.05) is 12.1 Å². The molecule has 1 fully saturated rings. The largest absolute Gasteiger partial charge is 0.352 e. The minimum Gasteiger partial charge on any atom is -0.352 e. The van der Waals surface area contributed by atoms with Crippen molar-refractivity contribution >= 4 is 11.5 Å². The Balaban J connectivity index is 1.92. The molecule has 1 atom stereocenters. The molecule has 1 saturated heterocycles. The summed E-state index contributed by atoms with van der Waals surface area (Å²) in [6, 6.07) is 4.46. The van der Waals surface area contributed by atoms with E-state index in [9.17, 15) is 0 Å². The van der Waals surface area contributed by atoms with Crippen LogP contribution in [0.5, 0.6) is 0 Å². The van der Waals surface area contributed by atoms with Gasteiger partial charge in [0.05, 0.1) is 0 Å². The fraction of sp³-hybridized carbons (Fsp3) is 0.500. The Morgan fingerprint density at radius 2 is 2.38 bits per heavy atom. The maximum absolute atomic E-state index is 4.48. The van der Waals surface area contributed by atoms with Crippen molar-refractivity contribution in [3.63, 3.8) is 0 Å². The number of anilines is 1. The molecule has 1 unspecified atom stereocenters. The molecule has 1 aliphatic rings. The molecule has 0 aliphatic carbocycles. The standard InChI is InChI=1S/C10H14N6/c1-8-6-15(5-4-11-8)10-3-2-9-13-12-7-16(9)14-10/h2-3,7-8,11H,4-6H2,1H3. The van der Waals surface area contributed by atoms with Crippen LogP contribution in [0.15, 0.2) is 18.5 Å². The van der Waals surface area contributed by atoms with Gasteiger partial charge in [0.15, 0.2) is 5.65 Å². The summed E-state index contributed by atoms with van der Waals surface area (Å²) in [5, 5.41) is 15.7. The number of nitrogens with one attached hydrogen (secondary N) is 1. The number of aromatic nitrogens is 4. The molecule has 16 heavy (non-hydrogen) atoms. The lowest BCUT2D eigenvalue weighted by atomic mass is 10.2. The zero-order valence-corrected chi connectivity index (χ0v) is 9.17. The van der Waals surface area contributed by atoms with E-state index in [2.05, 4.69) is 32.4 Å². The van der Waals surface area contributed by atoms with Crippen molar-refractivity contribution in [2.45, 2.75) is 13.0 Å². The van der Waals surface area contributed by atoms with E-state index in [-0.39, 0.29) is 0 Å². The van der Waals surface area contributed by atoms with Gasteiger partial charge >= 0.3 is 0 Å². The van der Waals surface area contributed by atoms with Crippen LogP contribution in [0.3, 0.4) is 0 Å². The molecular weight excluding hydrogens is 204 g/mol. The highest BCUT2D eigenvalue weighted by molar-refractivity contribution is 5.45. The van der Waals surface area contributed by atoms with Crippen molar-refractivity contribution in [3.05, 3.63) is 18.5 Å². The van der Waals surface area contributed by atoms with Crippen molar-refractivity contribution in [1.82, 2.24) is 25.1 Å². The normalized spacial score (nSPS) is 21.6. The summed E-state index contributed by atoms with van der Waals surface area (Å²) in [6.45, 7) is 5.16. The molecule has 84 valence electrons. The third-order valence-electron chi connectivity index (χ3n) is 2.84. The molecule has 2 aromatic rings. The summed E-state index contributed by atoms with van der Waals surface area (Å²) in [5.74, 6) is 0.987. The van der Waals surface area contributed by atoms with E-state index >= 15 is 0 Å². The van der Waals surface area contributed by atoms with Gasteiger partial charge in [0.25, 0.3) is 0 Å². The Labute approximate surface area is 93.3 Å². The number of fused-ring (bicyclic) bond motifs is 1. The molecule has 6 heteroatoms. The lowest BCUT2D eigenvalue weighted by Crippen LogP contribution is -2.49. The Morgan fingerprint density at radius 3 is 3.25 bits per heavy atom. The first-order valence-electron chi connectivity index (χ1n) is 5.48. The summed E-state index contributed by atoms with van der Waals surface area (Å²) in [7, 11) is 0. The minimum absolute atomic E-state index is 0.507. The second kappa shape index (κ2) is 3.71. The highest BCUT2D eigenvalue weighted by Crippen LogP contribution is 2.12. The molecule has 0 bridgehead atoms. The van der Waals surface area contributed by atoms with Crippen LogP contribution in [-0.4, -0.2) is 45.5 Å². The first-order chi connectivity index (χ1) is 7.83. The second-order valence-electron chi connectivity index (χ2n) is 4.13. The van der Waals surface area contributed by atoms with Gasteiger partial charge < -0.3 is 10.2 Å². The van der Waals surface area contributed by atoms with E-state index in [0.29, 0.717) is 6.04 Å². The molecule has 6 nitrogen and oxygen atoms in total. The number of piperazine rings is 1. The van der Waals surface area contributed by atoms with Crippen LogP contribution in [0.25, 0.3) is 5.65 Å². The van der Waals surface area contributed by atoms with E-state index in [4.69, 9.17) is 0 Å². The molecule has 3 heterocycles. The van der Waals surface area contributed by atoms with Crippen LogP contribution in [0.1, 0.15) is 6.92 Å². The van der Waals surface area contributed by atoms with Crippen LogP contribution >= 0.6 is 0 Å². The zero-order chi connectivity index (χ0) is 11.0. The van der Waals surface area contributed by atoms with Crippen molar-refractivity contribution < 1.29 is 0 Å². The first-order valence-corrected chi connectivity index (χ1v) is 5.48. The van der Waals surface area contributed by atoms with Crippen LogP contribution in [0, 0.1) is 0 Å². The monoisotopic (exact) mass is 218 g/mol. The average molecular weight is 218 g/mol. The number of nitrogens with zero attached hydrogens (tertiary/aromatic N) is 5. The molecule has 0 spiro atoms. The molecule has 0 radical (unpaired) electrons. The van der Waals surface area contributed by atoms with Crippen LogP contribution < -0.4 is 10.2 Å². The highest BCUT2D eigenvalue weighted by atomic mass is 15.4. The SMILES string of the molecule is CC1CN(c2ccc3nncn3n2)CCN1. The lowest BCUT2D eigenvalue weighted by molar-refractivity contribution is 0.481. The lowest BCUT2D eigenvalue weighted by Gasteiger charge is -2.32. The van der Waals surface area contributed by atoms with Gasteiger partial charge in [-0.2, -0.15) is 4.52 Å². The molecule has 0 aromatic carbocycles. The van der Waals surface area contributed by atoms with Gasteiger partial charge in [-0.3, -0.25) is 0 Å². The van der Waals surface area contributed by atoms with Gasteiger partial charge in [-0.1, -0.05) is 0 Å². The van der Waals surface area contributed by atoms with Gasteiger partial charge in [-0.25, -0.2) is 0 Å². The van der Waals surface area contributed by atoms with Gasteiger partial charge in [0, 0.05) is 25.7 Å². The van der Waals surface area contributed by atoms with Crippen molar-refractivity contribution in [3.8, 4) is 0 Å². The number of rotatable bonds is 1. The number of hydrogen-bond donors (Lipinski definition) is 1. The van der Waals surface area contributed by atoms with Gasteiger partial charge in [-0.05, 0) is 19.1 Å². The van der Waals surface area contributed by atoms with Gasteiger partial charge in [-0.15, -0.1) is 15.3 Å². The summed E-state index contributed by atoms with van der Waals surface area (Å²) in [4.78, 5) is 2.28. The smallest absolute Gasteiger partial charge is 0.177 e. The van der Waals surface area contributed by atoms with Crippen molar-refractivity contribution in [1.29, 1.82) is 0 Å². The third-order valence-corrected chi connectivity index (χ3v) is 2.84. The predicted molar refractivity (Wildman–Crippen MR) is 60.5 cm³/mol. The Kier molecular flexibility index (Phi) is 2.21. The van der Waals surface area contributed by atoms with E-state index < -0.39 is 0 Å². The molecule has 0 amide bonds. The van der Waals surface area contributed by atoms with Crippen molar-refractivity contribution in [2.24, 2.45) is 0 Å². The Bertz CT molecular complexity index is 493. The molecule has 3 rings (SSSR count).